The van der Waals surface area contributed by atoms with Gasteiger partial charge in [0.1, 0.15) is 6.10 Å². The molecule has 0 saturated heterocycles. The van der Waals surface area contributed by atoms with Crippen molar-refractivity contribution in [1.82, 2.24) is 0 Å². The third-order valence-corrected chi connectivity index (χ3v) is 9.52. The van der Waals surface area contributed by atoms with Crippen LogP contribution in [0, 0.1) is 9.85 Å². The average Bonchev–Trinajstić information content (AvgIpc) is 2.71. The zero-order chi connectivity index (χ0) is 17.7. The van der Waals surface area contributed by atoms with Gasteiger partial charge in [-0.15, -0.1) is 0 Å². The molecule has 0 aromatic heterocycles. The first-order valence-electron chi connectivity index (χ1n) is 8.25. The summed E-state index contributed by atoms with van der Waals surface area (Å²) < 4.78 is 14.7. The predicted molar refractivity (Wildman–Crippen MR) is 106 cm³/mol. The summed E-state index contributed by atoms with van der Waals surface area (Å²) in [5, 5.41) is 0.158. The van der Waals surface area contributed by atoms with Crippen molar-refractivity contribution in [2.75, 3.05) is 0 Å². The number of unbranched alkanes of at least 4 members (excludes halogenated alkanes) is 1. The molecule has 0 unspecified atom stereocenters. The molecular weight excluding hydrogens is 419 g/mol. The van der Waals surface area contributed by atoms with Crippen molar-refractivity contribution < 1.29 is 14.0 Å². The Morgan fingerprint density at radius 2 is 2.09 bits per heavy atom. The molecule has 0 radical (unpaired) electrons. The number of carbonyl (C=O) groups is 1. The Hall–Kier alpha value is -0.323. The Bertz CT molecular complexity index is 509. The normalized spacial score (nSPS) is 19.7. The molecule has 0 amide bonds. The van der Waals surface area contributed by atoms with Gasteiger partial charge in [-0.05, 0) is 47.9 Å². The third-order valence-electron chi connectivity index (χ3n) is 4.60. The molecule has 0 N–H and O–H groups in total. The summed E-state index contributed by atoms with van der Waals surface area (Å²) in [7, 11) is -1.86. The lowest BCUT2D eigenvalue weighted by atomic mass is 10.0. The highest BCUT2D eigenvalue weighted by molar-refractivity contribution is 14.1. The summed E-state index contributed by atoms with van der Waals surface area (Å²) >= 11 is 2.07. The van der Waals surface area contributed by atoms with Crippen LogP contribution in [0.15, 0.2) is 11.6 Å². The number of hydrogen-bond acceptors (Lipinski definition) is 3. The lowest BCUT2D eigenvalue weighted by Crippen LogP contribution is -2.44. The van der Waals surface area contributed by atoms with Crippen LogP contribution in [0.1, 0.15) is 53.4 Å². The SMILES string of the molecule is C[C@H]1C=C(C[C@@H](CCCC#CI)O[Si](C)(C)C(C)(C)C)C(=O)O1. The third kappa shape index (κ3) is 6.59. The molecule has 5 heteroatoms. The van der Waals surface area contributed by atoms with Gasteiger partial charge in [-0.3, -0.25) is 0 Å². The first kappa shape index (κ1) is 20.7. The number of ether oxygens (including phenoxy) is 1. The Labute approximate surface area is 155 Å². The van der Waals surface area contributed by atoms with E-state index in [9.17, 15) is 4.79 Å². The predicted octanol–water partition coefficient (Wildman–Crippen LogP) is 5.20. The highest BCUT2D eigenvalue weighted by Gasteiger charge is 2.39. The summed E-state index contributed by atoms with van der Waals surface area (Å²) in [6.45, 7) is 13.1. The molecule has 0 aromatic rings. The first-order chi connectivity index (χ1) is 10.6. The highest BCUT2D eigenvalue weighted by atomic mass is 127. The van der Waals surface area contributed by atoms with E-state index >= 15 is 0 Å². The van der Waals surface area contributed by atoms with Gasteiger partial charge in [0.15, 0.2) is 8.32 Å². The van der Waals surface area contributed by atoms with E-state index in [0.717, 1.165) is 24.8 Å². The first-order valence-corrected chi connectivity index (χ1v) is 12.2. The van der Waals surface area contributed by atoms with Crippen molar-refractivity contribution in [3.63, 3.8) is 0 Å². The molecule has 23 heavy (non-hydrogen) atoms. The van der Waals surface area contributed by atoms with E-state index in [1.54, 1.807) is 0 Å². The lowest BCUT2D eigenvalue weighted by molar-refractivity contribution is -0.139. The molecule has 3 nitrogen and oxygen atoms in total. The number of hydrogen-bond donors (Lipinski definition) is 0. The second-order valence-electron chi connectivity index (χ2n) is 7.67. The van der Waals surface area contributed by atoms with Crippen molar-refractivity contribution in [3.05, 3.63) is 11.6 Å². The number of cyclic esters (lactones) is 1. The topological polar surface area (TPSA) is 35.5 Å². The molecule has 0 aromatic carbocycles. The van der Waals surface area contributed by atoms with Gasteiger partial charge < -0.3 is 9.16 Å². The van der Waals surface area contributed by atoms with E-state index in [2.05, 4.69) is 66.3 Å². The van der Waals surface area contributed by atoms with Gasteiger partial charge >= 0.3 is 5.97 Å². The molecule has 130 valence electrons. The van der Waals surface area contributed by atoms with Crippen LogP contribution in [-0.4, -0.2) is 26.5 Å². The molecule has 1 heterocycles. The number of rotatable bonds is 7. The second kappa shape index (κ2) is 8.68. The van der Waals surface area contributed by atoms with Crippen LogP contribution in [0.3, 0.4) is 0 Å². The van der Waals surface area contributed by atoms with E-state index in [-0.39, 0.29) is 23.2 Å². The van der Waals surface area contributed by atoms with Gasteiger partial charge in [0.05, 0.1) is 0 Å². The maximum atomic E-state index is 11.9. The molecule has 2 atom stereocenters. The fourth-order valence-corrected chi connectivity index (χ4v) is 3.95. The quantitative estimate of drug-likeness (QED) is 0.177. The molecule has 0 fully saturated rings. The minimum atomic E-state index is -1.86. The van der Waals surface area contributed by atoms with E-state index in [0.29, 0.717) is 6.42 Å². The van der Waals surface area contributed by atoms with Crippen LogP contribution in [0.5, 0.6) is 0 Å². The summed E-state index contributed by atoms with van der Waals surface area (Å²) in [4.78, 5) is 11.9. The Morgan fingerprint density at radius 3 is 2.57 bits per heavy atom. The second-order valence-corrected chi connectivity index (χ2v) is 13.0. The number of esters is 1. The summed E-state index contributed by atoms with van der Waals surface area (Å²) in [6.07, 6.45) is 5.32. The molecule has 0 saturated carbocycles. The van der Waals surface area contributed by atoms with E-state index in [1.165, 1.54) is 0 Å². The van der Waals surface area contributed by atoms with E-state index < -0.39 is 8.32 Å². The molecule has 1 aliphatic heterocycles. The van der Waals surface area contributed by atoms with Crippen LogP contribution in [-0.2, 0) is 14.0 Å². The lowest BCUT2D eigenvalue weighted by Gasteiger charge is -2.39. The Balaban J connectivity index is 2.78. The zero-order valence-electron chi connectivity index (χ0n) is 15.2. The fraction of sp³-hybridized carbons (Fsp3) is 0.722. The maximum Gasteiger partial charge on any atom is 0.334 e. The smallest absolute Gasteiger partial charge is 0.334 e. The van der Waals surface area contributed by atoms with Gasteiger partial charge in [-0.1, -0.05) is 26.7 Å². The van der Waals surface area contributed by atoms with Crippen molar-refractivity contribution in [1.29, 1.82) is 0 Å². The van der Waals surface area contributed by atoms with Crippen molar-refractivity contribution in [2.45, 2.75) is 83.7 Å². The average molecular weight is 448 g/mol. The Morgan fingerprint density at radius 1 is 1.43 bits per heavy atom. The van der Waals surface area contributed by atoms with E-state index in [4.69, 9.17) is 9.16 Å². The number of carbonyl (C=O) groups excluding carboxylic acids is 1. The molecule has 0 bridgehead atoms. The van der Waals surface area contributed by atoms with Crippen LogP contribution < -0.4 is 0 Å². The minimum Gasteiger partial charge on any atom is -0.455 e. The van der Waals surface area contributed by atoms with Gasteiger partial charge in [0.2, 0.25) is 0 Å². The highest BCUT2D eigenvalue weighted by Crippen LogP contribution is 2.38. The van der Waals surface area contributed by atoms with Crippen molar-refractivity contribution in [3.8, 4) is 9.85 Å². The van der Waals surface area contributed by atoms with E-state index in [1.807, 2.05) is 13.0 Å². The maximum absolute atomic E-state index is 11.9. The van der Waals surface area contributed by atoms with Crippen LogP contribution in [0.25, 0.3) is 0 Å². The molecule has 1 aliphatic rings. The summed E-state index contributed by atoms with van der Waals surface area (Å²) in [5.74, 6) is 2.91. The van der Waals surface area contributed by atoms with Crippen LogP contribution in [0.2, 0.25) is 18.1 Å². The minimum absolute atomic E-state index is 0.0657. The van der Waals surface area contributed by atoms with Gasteiger partial charge in [-0.2, -0.15) is 0 Å². The van der Waals surface area contributed by atoms with Gasteiger partial charge in [0.25, 0.3) is 0 Å². The van der Waals surface area contributed by atoms with Gasteiger partial charge in [0, 0.05) is 47.1 Å². The molecule has 1 rings (SSSR count). The van der Waals surface area contributed by atoms with Crippen molar-refractivity contribution in [2.24, 2.45) is 0 Å². The summed E-state index contributed by atoms with van der Waals surface area (Å²) in [5.41, 5.74) is 0.765. The molecule has 0 spiro atoms. The van der Waals surface area contributed by atoms with Crippen LogP contribution >= 0.6 is 22.6 Å². The van der Waals surface area contributed by atoms with Gasteiger partial charge in [-0.25, -0.2) is 4.79 Å². The van der Waals surface area contributed by atoms with Crippen molar-refractivity contribution >= 4 is 36.9 Å². The Kier molecular flexibility index (Phi) is 7.82. The monoisotopic (exact) mass is 448 g/mol. The standard InChI is InChI=1S/C18H29IO3Si/c1-14-12-15(17(20)21-14)13-16(10-8-7-9-11-19)22-23(5,6)18(2,3)4/h12,14,16H,7-8,10,13H2,1-6H3/t14-,16+/m0/s1. The molecular formula is C18H29IO3Si. The van der Waals surface area contributed by atoms with Crippen LogP contribution in [0.4, 0.5) is 0 Å². The number of halogens is 1. The largest absolute Gasteiger partial charge is 0.455 e. The fourth-order valence-electron chi connectivity index (χ4n) is 2.29. The molecule has 0 aliphatic carbocycles. The zero-order valence-corrected chi connectivity index (χ0v) is 18.3. The summed E-state index contributed by atoms with van der Waals surface area (Å²) in [6, 6.07) is 0.